The molecular formula is C14H16N2O2. The summed E-state index contributed by atoms with van der Waals surface area (Å²) < 4.78 is 5.36. The Kier molecular flexibility index (Phi) is 4.25. The number of ether oxygens (including phenoxy) is 1. The van der Waals surface area contributed by atoms with E-state index in [0.29, 0.717) is 18.8 Å². The Labute approximate surface area is 106 Å². The second kappa shape index (κ2) is 6.12. The van der Waals surface area contributed by atoms with E-state index in [0.717, 1.165) is 11.1 Å². The molecule has 0 radical (unpaired) electrons. The van der Waals surface area contributed by atoms with Crippen LogP contribution < -0.4 is 4.74 Å². The zero-order valence-electron chi connectivity index (χ0n) is 10.3. The van der Waals surface area contributed by atoms with Crippen molar-refractivity contribution in [1.29, 1.82) is 0 Å². The van der Waals surface area contributed by atoms with E-state index in [1.807, 2.05) is 25.1 Å². The molecule has 0 spiro atoms. The normalized spacial score (nSPS) is 12.1. The highest BCUT2D eigenvalue weighted by atomic mass is 16.5. The quantitative estimate of drug-likeness (QED) is 0.875. The molecule has 4 heteroatoms. The molecule has 1 N–H and O–H groups in total. The van der Waals surface area contributed by atoms with Crippen LogP contribution in [0.5, 0.6) is 5.75 Å². The zero-order chi connectivity index (χ0) is 12.8. The van der Waals surface area contributed by atoms with Gasteiger partial charge >= 0.3 is 0 Å². The molecule has 18 heavy (non-hydrogen) atoms. The minimum atomic E-state index is -0.583. The van der Waals surface area contributed by atoms with E-state index in [4.69, 9.17) is 4.74 Å². The van der Waals surface area contributed by atoms with Gasteiger partial charge in [-0.15, -0.1) is 0 Å². The summed E-state index contributed by atoms with van der Waals surface area (Å²) in [5.74, 6) is 0.684. The van der Waals surface area contributed by atoms with Gasteiger partial charge in [-0.25, -0.2) is 0 Å². The minimum absolute atomic E-state index is 0.541. The van der Waals surface area contributed by atoms with Gasteiger partial charge in [-0.1, -0.05) is 0 Å². The third kappa shape index (κ3) is 3.28. The molecule has 0 saturated heterocycles. The molecule has 4 nitrogen and oxygen atoms in total. The van der Waals surface area contributed by atoms with Crippen LogP contribution >= 0.6 is 0 Å². The highest BCUT2D eigenvalue weighted by molar-refractivity contribution is 5.26. The fourth-order valence-electron chi connectivity index (χ4n) is 1.72. The summed E-state index contributed by atoms with van der Waals surface area (Å²) in [6.45, 7) is 2.51. The van der Waals surface area contributed by atoms with E-state index in [-0.39, 0.29) is 0 Å². The van der Waals surface area contributed by atoms with Gasteiger partial charge in [0, 0.05) is 30.6 Å². The first-order chi connectivity index (χ1) is 8.79. The molecule has 2 aromatic rings. The predicted molar refractivity (Wildman–Crippen MR) is 68.3 cm³/mol. The van der Waals surface area contributed by atoms with Gasteiger partial charge < -0.3 is 9.84 Å². The van der Waals surface area contributed by atoms with Crippen LogP contribution in [0.25, 0.3) is 0 Å². The van der Waals surface area contributed by atoms with Gasteiger partial charge in [0.1, 0.15) is 5.75 Å². The molecule has 0 aliphatic rings. The lowest BCUT2D eigenvalue weighted by Crippen LogP contribution is -2.03. The van der Waals surface area contributed by atoms with Gasteiger partial charge in [0.05, 0.1) is 18.9 Å². The molecule has 0 fully saturated rings. The first kappa shape index (κ1) is 12.5. The highest BCUT2D eigenvalue weighted by Crippen LogP contribution is 2.21. The van der Waals surface area contributed by atoms with Gasteiger partial charge in [0.25, 0.3) is 0 Å². The number of pyridine rings is 2. The average molecular weight is 244 g/mol. The molecule has 0 saturated carbocycles. The van der Waals surface area contributed by atoms with Crippen molar-refractivity contribution < 1.29 is 9.84 Å². The van der Waals surface area contributed by atoms with E-state index >= 15 is 0 Å². The van der Waals surface area contributed by atoms with Crippen molar-refractivity contribution in [2.75, 3.05) is 6.61 Å². The van der Waals surface area contributed by atoms with Crippen LogP contribution in [0.1, 0.15) is 24.2 Å². The molecule has 0 aromatic carbocycles. The Morgan fingerprint density at radius 1 is 1.22 bits per heavy atom. The van der Waals surface area contributed by atoms with Gasteiger partial charge in [-0.2, -0.15) is 0 Å². The van der Waals surface area contributed by atoms with Gasteiger partial charge in [-0.3, -0.25) is 9.97 Å². The minimum Gasteiger partial charge on any atom is -0.492 e. The second-order valence-electron chi connectivity index (χ2n) is 3.96. The summed E-state index contributed by atoms with van der Waals surface area (Å²) in [6, 6.07) is 5.61. The van der Waals surface area contributed by atoms with Gasteiger partial charge in [0.2, 0.25) is 0 Å². The Hall–Kier alpha value is -1.94. The smallest absolute Gasteiger partial charge is 0.137 e. The van der Waals surface area contributed by atoms with Crippen molar-refractivity contribution in [2.45, 2.75) is 19.4 Å². The fraction of sp³-hybridized carbons (Fsp3) is 0.286. The number of nitrogens with zero attached hydrogens (tertiary/aromatic N) is 2. The van der Waals surface area contributed by atoms with E-state index in [9.17, 15) is 5.11 Å². The van der Waals surface area contributed by atoms with Crippen LogP contribution in [0, 0.1) is 0 Å². The number of hydrogen-bond acceptors (Lipinski definition) is 4. The van der Waals surface area contributed by atoms with Gasteiger partial charge in [0.15, 0.2) is 0 Å². The molecule has 2 aromatic heterocycles. The maximum atomic E-state index is 10.2. The van der Waals surface area contributed by atoms with E-state index in [2.05, 4.69) is 9.97 Å². The van der Waals surface area contributed by atoms with Crippen LogP contribution in [-0.4, -0.2) is 21.7 Å². The Morgan fingerprint density at radius 2 is 2.00 bits per heavy atom. The molecule has 0 aliphatic carbocycles. The predicted octanol–water partition coefficient (Wildman–Crippen LogP) is 2.15. The Bertz CT molecular complexity index is 488. The molecule has 2 rings (SSSR count). The summed E-state index contributed by atoms with van der Waals surface area (Å²) in [5.41, 5.74) is 1.80. The Morgan fingerprint density at radius 3 is 2.72 bits per heavy atom. The van der Waals surface area contributed by atoms with Crippen LogP contribution in [0.3, 0.4) is 0 Å². The first-order valence-electron chi connectivity index (χ1n) is 5.94. The molecule has 0 amide bonds. The SMILES string of the molecule is CCOc1cncc(C(O)Cc2ccncc2)c1. The molecule has 0 aliphatic heterocycles. The van der Waals surface area contributed by atoms with Crippen molar-refractivity contribution in [3.63, 3.8) is 0 Å². The molecule has 0 bridgehead atoms. The van der Waals surface area contributed by atoms with Gasteiger partial charge in [-0.05, 0) is 30.7 Å². The van der Waals surface area contributed by atoms with Crippen molar-refractivity contribution >= 4 is 0 Å². The number of aromatic nitrogens is 2. The van der Waals surface area contributed by atoms with E-state index in [1.54, 1.807) is 24.8 Å². The molecule has 1 unspecified atom stereocenters. The van der Waals surface area contributed by atoms with Crippen LogP contribution in [-0.2, 0) is 6.42 Å². The number of hydrogen-bond donors (Lipinski definition) is 1. The fourth-order valence-corrected chi connectivity index (χ4v) is 1.72. The maximum Gasteiger partial charge on any atom is 0.137 e. The van der Waals surface area contributed by atoms with Crippen molar-refractivity contribution in [3.05, 3.63) is 54.1 Å². The summed E-state index contributed by atoms with van der Waals surface area (Å²) in [5, 5.41) is 10.2. The van der Waals surface area contributed by atoms with Crippen LogP contribution in [0.15, 0.2) is 43.0 Å². The summed E-state index contributed by atoms with van der Waals surface area (Å²) in [4.78, 5) is 8.02. The number of aliphatic hydroxyl groups excluding tert-OH is 1. The highest BCUT2D eigenvalue weighted by Gasteiger charge is 2.10. The summed E-state index contributed by atoms with van der Waals surface area (Å²) in [7, 11) is 0. The molecule has 1 atom stereocenters. The monoisotopic (exact) mass is 244 g/mol. The summed E-state index contributed by atoms with van der Waals surface area (Å²) >= 11 is 0. The Balaban J connectivity index is 2.08. The largest absolute Gasteiger partial charge is 0.492 e. The lowest BCUT2D eigenvalue weighted by atomic mass is 10.0. The summed E-state index contributed by atoms with van der Waals surface area (Å²) in [6.07, 6.45) is 6.70. The lowest BCUT2D eigenvalue weighted by Gasteiger charge is -2.12. The second-order valence-corrected chi connectivity index (χ2v) is 3.96. The first-order valence-corrected chi connectivity index (χ1v) is 5.94. The van der Waals surface area contributed by atoms with Crippen LogP contribution in [0.4, 0.5) is 0 Å². The molecule has 2 heterocycles. The third-order valence-electron chi connectivity index (χ3n) is 2.61. The third-order valence-corrected chi connectivity index (χ3v) is 2.61. The lowest BCUT2D eigenvalue weighted by molar-refractivity contribution is 0.177. The topological polar surface area (TPSA) is 55.2 Å². The number of rotatable bonds is 5. The van der Waals surface area contributed by atoms with Crippen molar-refractivity contribution in [1.82, 2.24) is 9.97 Å². The standard InChI is InChI=1S/C14H16N2O2/c1-2-18-13-8-12(9-16-10-13)14(17)7-11-3-5-15-6-4-11/h3-6,8-10,14,17H,2,7H2,1H3. The van der Waals surface area contributed by atoms with E-state index in [1.165, 1.54) is 0 Å². The van der Waals surface area contributed by atoms with E-state index < -0.39 is 6.10 Å². The van der Waals surface area contributed by atoms with Crippen molar-refractivity contribution in [2.24, 2.45) is 0 Å². The average Bonchev–Trinajstić information content (AvgIpc) is 2.40. The maximum absolute atomic E-state index is 10.2. The zero-order valence-corrected chi connectivity index (χ0v) is 10.3. The number of aliphatic hydroxyl groups is 1. The molecule has 94 valence electrons. The van der Waals surface area contributed by atoms with Crippen LogP contribution in [0.2, 0.25) is 0 Å². The molecular weight excluding hydrogens is 228 g/mol. The van der Waals surface area contributed by atoms with Crippen molar-refractivity contribution in [3.8, 4) is 5.75 Å².